The Morgan fingerprint density at radius 2 is 1.66 bits per heavy atom. The molecule has 0 saturated heterocycles. The first-order valence-electron chi connectivity index (χ1n) is 17.9. The van der Waals surface area contributed by atoms with Crippen molar-refractivity contribution in [3.63, 3.8) is 0 Å². The normalized spacial score (nSPS) is 13.2. The van der Waals surface area contributed by atoms with Crippen LogP contribution >= 0.6 is 0 Å². The Labute approximate surface area is 308 Å². The van der Waals surface area contributed by atoms with E-state index in [2.05, 4.69) is 30.9 Å². The molecule has 5 rings (SSSR count). The smallest absolute Gasteiger partial charge is 0.274 e. The Morgan fingerprint density at radius 3 is 2.42 bits per heavy atom. The van der Waals surface area contributed by atoms with Gasteiger partial charge in [0, 0.05) is 31.8 Å². The molecule has 0 bridgehead atoms. The number of aliphatic hydroxyl groups is 1. The van der Waals surface area contributed by atoms with Gasteiger partial charge in [-0.2, -0.15) is 0 Å². The van der Waals surface area contributed by atoms with Gasteiger partial charge in [-0.25, -0.2) is 15.0 Å². The van der Waals surface area contributed by atoms with Crippen LogP contribution in [0.2, 0.25) is 0 Å². The molecule has 2 amide bonds. The zero-order chi connectivity index (χ0) is 37.6. The van der Waals surface area contributed by atoms with Crippen LogP contribution in [0.4, 0.5) is 11.5 Å². The highest BCUT2D eigenvalue weighted by Crippen LogP contribution is 2.17. The number of para-hydroxylation sites is 2. The molecule has 0 fully saturated rings. The highest BCUT2D eigenvalue weighted by molar-refractivity contribution is 6.03. The number of pyridine rings is 1. The van der Waals surface area contributed by atoms with E-state index in [1.165, 1.54) is 0 Å². The molecule has 0 aliphatic rings. The first-order chi connectivity index (χ1) is 25.7. The lowest BCUT2D eigenvalue weighted by molar-refractivity contribution is -0.134. The minimum atomic E-state index is -1.43. The predicted molar refractivity (Wildman–Crippen MR) is 203 cm³/mol. The van der Waals surface area contributed by atoms with Crippen molar-refractivity contribution >= 4 is 45.9 Å². The van der Waals surface area contributed by atoms with Gasteiger partial charge >= 0.3 is 0 Å². The highest BCUT2D eigenvalue weighted by Gasteiger charge is 2.28. The summed E-state index contributed by atoms with van der Waals surface area (Å²) >= 11 is 0. The lowest BCUT2D eigenvalue weighted by Gasteiger charge is -2.24. The molecule has 14 nitrogen and oxygen atoms in total. The number of carbonyl (C=O) groups is 3. The molecule has 0 unspecified atom stereocenters. The van der Waals surface area contributed by atoms with Crippen molar-refractivity contribution in [2.24, 2.45) is 11.7 Å². The number of aromatic nitrogens is 4. The second-order valence-electron chi connectivity index (χ2n) is 13.2. The molecule has 5 aromatic rings. The molecule has 14 heteroatoms. The fraction of sp³-hybridized carbons (Fsp3) is 0.385. The number of ether oxygens (including phenoxy) is 2. The third kappa shape index (κ3) is 11.6. The predicted octanol–water partition coefficient (Wildman–Crippen LogP) is 3.79. The molecule has 0 spiro atoms. The fourth-order valence-corrected chi connectivity index (χ4v) is 5.73. The number of hydrogen-bond acceptors (Lipinski definition) is 11. The topological polar surface area (TPSA) is 195 Å². The first kappa shape index (κ1) is 38.9. The largest absolute Gasteiger partial charge is 0.382 e. The van der Waals surface area contributed by atoms with Crippen LogP contribution in [0.25, 0.3) is 16.8 Å². The number of amides is 2. The SMILES string of the molecule is CC(C)C[C@H](NC(=O)[C@@H](O)[C@H](N)Cc1ccccc1)C(=O)CCCOCCOCCNc1ccc(NC(=O)c2ccn3c(n2)nc2ccccc23)cn1. The van der Waals surface area contributed by atoms with Gasteiger partial charge in [0.25, 0.3) is 11.8 Å². The monoisotopic (exact) mass is 724 g/mol. The van der Waals surface area contributed by atoms with Crippen LogP contribution in [0.3, 0.4) is 0 Å². The van der Waals surface area contributed by atoms with Crippen molar-refractivity contribution in [3.8, 4) is 0 Å². The van der Waals surface area contributed by atoms with E-state index >= 15 is 0 Å². The summed E-state index contributed by atoms with van der Waals surface area (Å²) in [5.41, 5.74) is 9.53. The molecule has 0 saturated carbocycles. The quantitative estimate of drug-likeness (QED) is 0.0691. The lowest BCUT2D eigenvalue weighted by Crippen LogP contribution is -2.52. The maximum atomic E-state index is 13.0. The molecular formula is C39H48N8O6. The van der Waals surface area contributed by atoms with Gasteiger partial charge in [0.05, 0.1) is 48.8 Å². The van der Waals surface area contributed by atoms with E-state index in [0.29, 0.717) is 69.5 Å². The lowest BCUT2D eigenvalue weighted by atomic mass is 9.96. The number of aliphatic hydroxyl groups excluding tert-OH is 1. The van der Waals surface area contributed by atoms with E-state index in [9.17, 15) is 19.5 Å². The Balaban J connectivity index is 0.926. The first-order valence-corrected chi connectivity index (χ1v) is 17.9. The second-order valence-corrected chi connectivity index (χ2v) is 13.2. The van der Waals surface area contributed by atoms with Gasteiger partial charge in [-0.05, 0) is 61.1 Å². The van der Waals surface area contributed by atoms with E-state index in [4.69, 9.17) is 15.2 Å². The summed E-state index contributed by atoms with van der Waals surface area (Å²) in [6, 6.07) is 20.8. The maximum Gasteiger partial charge on any atom is 0.274 e. The Hall–Kier alpha value is -5.28. The summed E-state index contributed by atoms with van der Waals surface area (Å²) in [6.07, 6.45) is 3.45. The van der Waals surface area contributed by atoms with Crippen LogP contribution in [-0.4, -0.2) is 93.2 Å². The van der Waals surface area contributed by atoms with E-state index in [0.717, 1.165) is 16.6 Å². The maximum absolute atomic E-state index is 13.0. The molecule has 2 aromatic carbocycles. The van der Waals surface area contributed by atoms with Gasteiger partial charge in [0.1, 0.15) is 17.6 Å². The van der Waals surface area contributed by atoms with Crippen molar-refractivity contribution in [3.05, 3.63) is 96.4 Å². The molecule has 3 aromatic heterocycles. The van der Waals surface area contributed by atoms with Crippen LogP contribution in [-0.2, 0) is 25.5 Å². The third-order valence-corrected chi connectivity index (χ3v) is 8.47. The summed E-state index contributed by atoms with van der Waals surface area (Å²) in [4.78, 5) is 51.8. The zero-order valence-corrected chi connectivity index (χ0v) is 30.1. The molecule has 3 heterocycles. The average Bonchev–Trinajstić information content (AvgIpc) is 3.53. The number of fused-ring (bicyclic) bond motifs is 3. The molecule has 280 valence electrons. The minimum absolute atomic E-state index is 0.107. The van der Waals surface area contributed by atoms with Crippen molar-refractivity contribution in [2.45, 2.75) is 57.7 Å². The van der Waals surface area contributed by atoms with E-state index in [1.807, 2.05) is 72.8 Å². The van der Waals surface area contributed by atoms with Crippen LogP contribution in [0.15, 0.2) is 85.2 Å². The summed E-state index contributed by atoms with van der Waals surface area (Å²) in [6.45, 7) is 6.02. The summed E-state index contributed by atoms with van der Waals surface area (Å²) in [7, 11) is 0. The zero-order valence-electron chi connectivity index (χ0n) is 30.1. The number of carbonyl (C=O) groups excluding carboxylic acids is 3. The summed E-state index contributed by atoms with van der Waals surface area (Å²) < 4.78 is 13.1. The van der Waals surface area contributed by atoms with E-state index in [-0.39, 0.29) is 29.7 Å². The number of nitrogens with one attached hydrogen (secondary N) is 3. The van der Waals surface area contributed by atoms with Crippen molar-refractivity contribution < 1.29 is 29.0 Å². The average molecular weight is 725 g/mol. The summed E-state index contributed by atoms with van der Waals surface area (Å²) in [5, 5.41) is 19.2. The molecule has 0 aliphatic heterocycles. The molecular weight excluding hydrogens is 676 g/mol. The number of nitrogens with two attached hydrogens (primary N) is 1. The van der Waals surface area contributed by atoms with Crippen molar-refractivity contribution in [2.75, 3.05) is 43.6 Å². The molecule has 0 aliphatic carbocycles. The van der Waals surface area contributed by atoms with Crippen LogP contribution in [0.1, 0.15) is 49.2 Å². The summed E-state index contributed by atoms with van der Waals surface area (Å²) in [5.74, 6) is 0.141. The van der Waals surface area contributed by atoms with Crippen molar-refractivity contribution in [1.29, 1.82) is 0 Å². The number of Topliss-reactive ketones (excluding diaryl/α,β-unsaturated/α-hetero) is 1. The van der Waals surface area contributed by atoms with Gasteiger partial charge in [0.2, 0.25) is 5.78 Å². The van der Waals surface area contributed by atoms with Gasteiger partial charge in [-0.1, -0.05) is 56.3 Å². The highest BCUT2D eigenvalue weighted by atomic mass is 16.5. The minimum Gasteiger partial charge on any atom is -0.382 e. The van der Waals surface area contributed by atoms with Gasteiger partial charge in [0.15, 0.2) is 5.78 Å². The molecule has 53 heavy (non-hydrogen) atoms. The third-order valence-electron chi connectivity index (χ3n) is 8.47. The Morgan fingerprint density at radius 1 is 0.906 bits per heavy atom. The number of imidazole rings is 1. The van der Waals surface area contributed by atoms with Crippen molar-refractivity contribution in [1.82, 2.24) is 24.7 Å². The number of anilines is 2. The molecule has 6 N–H and O–H groups in total. The number of benzene rings is 2. The number of rotatable bonds is 21. The number of ketones is 1. The van der Waals surface area contributed by atoms with Gasteiger partial charge < -0.3 is 36.3 Å². The molecule has 0 radical (unpaired) electrons. The number of hydrogen-bond donors (Lipinski definition) is 5. The molecule has 3 atom stereocenters. The van der Waals surface area contributed by atoms with Gasteiger partial charge in [-0.15, -0.1) is 0 Å². The van der Waals surface area contributed by atoms with E-state index in [1.54, 1.807) is 30.6 Å². The second kappa shape index (κ2) is 19.5. The number of nitrogens with zero attached hydrogens (tertiary/aromatic N) is 4. The Bertz CT molecular complexity index is 1940. The van der Waals surface area contributed by atoms with Crippen LogP contribution in [0.5, 0.6) is 0 Å². The standard InChI is InChI=1S/C39H48N8O6/c1-26(2)23-32(44-38(51)36(49)29(40)24-27-9-4-3-5-10-27)34(48)13-8-19-52-21-22-53-20-17-41-35-15-14-28(25-42-35)43-37(50)31-16-18-47-33-12-7-6-11-30(33)45-39(47)46-31/h3-7,9-12,14-16,18,25-26,29,32,36,49H,8,13,17,19-24,40H2,1-2H3,(H,41,42)(H,43,50)(H,44,51)/t29-,32+,36+/m1/s1. The Kier molecular flexibility index (Phi) is 14.3. The van der Waals surface area contributed by atoms with E-state index < -0.39 is 24.1 Å². The van der Waals surface area contributed by atoms with Gasteiger partial charge in [-0.3, -0.25) is 18.8 Å². The fourth-order valence-electron chi connectivity index (χ4n) is 5.73. The van der Waals surface area contributed by atoms with Crippen LogP contribution in [0, 0.1) is 5.92 Å². The van der Waals surface area contributed by atoms with Crippen LogP contribution < -0.4 is 21.7 Å².